The molecule has 0 aliphatic heterocycles. The minimum atomic E-state index is -0.762. The van der Waals surface area contributed by atoms with E-state index in [-0.39, 0.29) is 0 Å². The first kappa shape index (κ1) is 16.8. The van der Waals surface area contributed by atoms with Crippen molar-refractivity contribution in [2.45, 2.75) is 13.0 Å². The first-order chi connectivity index (χ1) is 10.5. The van der Waals surface area contributed by atoms with Gasteiger partial charge < -0.3 is 4.74 Å². The number of hydrazine groups is 1. The van der Waals surface area contributed by atoms with Crippen molar-refractivity contribution in [2.24, 2.45) is 0 Å². The van der Waals surface area contributed by atoms with Crippen LogP contribution < -0.4 is 15.6 Å². The van der Waals surface area contributed by atoms with Gasteiger partial charge in [-0.05, 0) is 37.3 Å². The van der Waals surface area contributed by atoms with E-state index in [4.69, 9.17) is 16.3 Å². The number of nitrogens with one attached hydrogen (secondary N) is 2. The summed E-state index contributed by atoms with van der Waals surface area (Å²) >= 11 is 10.2. The highest BCUT2D eigenvalue weighted by Crippen LogP contribution is 2.21. The zero-order chi connectivity index (χ0) is 16.1. The maximum atomic E-state index is 11.9. The number of thiophene rings is 1. The lowest BCUT2D eigenvalue weighted by molar-refractivity contribution is -0.128. The molecule has 0 saturated heterocycles. The highest BCUT2D eigenvalue weighted by atomic mass is 79.9. The third-order valence-electron chi connectivity index (χ3n) is 2.57. The van der Waals surface area contributed by atoms with Crippen molar-refractivity contribution in [3.63, 3.8) is 0 Å². The molecule has 5 nitrogen and oxygen atoms in total. The molecule has 116 valence electrons. The lowest BCUT2D eigenvalue weighted by Gasteiger charge is -2.15. The number of benzene rings is 1. The van der Waals surface area contributed by atoms with Crippen molar-refractivity contribution >= 4 is 50.7 Å². The molecular weight excluding hydrogens is 392 g/mol. The van der Waals surface area contributed by atoms with Gasteiger partial charge in [0.1, 0.15) is 5.75 Å². The molecule has 1 atom stereocenters. The summed E-state index contributed by atoms with van der Waals surface area (Å²) in [4.78, 5) is 24.1. The number of carbonyl (C=O) groups excluding carboxylic acids is 2. The fourth-order valence-electron chi connectivity index (χ4n) is 1.52. The van der Waals surface area contributed by atoms with E-state index in [9.17, 15) is 9.59 Å². The summed E-state index contributed by atoms with van der Waals surface area (Å²) < 4.78 is 6.84. The average molecular weight is 404 g/mol. The predicted molar refractivity (Wildman–Crippen MR) is 89.2 cm³/mol. The molecule has 1 aromatic carbocycles. The molecule has 2 aromatic rings. The zero-order valence-electron chi connectivity index (χ0n) is 11.4. The lowest BCUT2D eigenvalue weighted by Crippen LogP contribution is -2.47. The van der Waals surface area contributed by atoms with Gasteiger partial charge in [-0.15, -0.1) is 11.3 Å². The maximum absolute atomic E-state index is 11.9. The fraction of sp³-hybridized carbons (Fsp3) is 0.143. The van der Waals surface area contributed by atoms with E-state index in [0.29, 0.717) is 15.0 Å². The third-order valence-corrected chi connectivity index (χ3v) is 4.30. The Hall–Kier alpha value is -1.57. The molecule has 1 heterocycles. The number of ether oxygens (including phenoxy) is 1. The zero-order valence-corrected chi connectivity index (χ0v) is 14.6. The molecule has 8 heteroatoms. The van der Waals surface area contributed by atoms with E-state index >= 15 is 0 Å². The molecule has 22 heavy (non-hydrogen) atoms. The van der Waals surface area contributed by atoms with Crippen molar-refractivity contribution in [1.29, 1.82) is 0 Å². The number of halogens is 2. The normalized spacial score (nSPS) is 11.6. The number of rotatable bonds is 4. The molecule has 0 bridgehead atoms. The predicted octanol–water partition coefficient (Wildman–Crippen LogP) is 3.39. The van der Waals surface area contributed by atoms with Crippen LogP contribution in [0.2, 0.25) is 4.34 Å². The molecule has 2 N–H and O–H groups in total. The fourth-order valence-corrected chi connectivity index (χ4v) is 2.83. The number of hydrogen-bond donors (Lipinski definition) is 2. The van der Waals surface area contributed by atoms with Gasteiger partial charge in [0.15, 0.2) is 6.10 Å². The van der Waals surface area contributed by atoms with Gasteiger partial charge >= 0.3 is 0 Å². The van der Waals surface area contributed by atoms with Crippen molar-refractivity contribution in [2.75, 3.05) is 0 Å². The Morgan fingerprint density at radius 2 is 2.05 bits per heavy atom. The van der Waals surface area contributed by atoms with Gasteiger partial charge in [-0.3, -0.25) is 20.4 Å². The van der Waals surface area contributed by atoms with E-state index in [2.05, 4.69) is 26.8 Å². The van der Waals surface area contributed by atoms with Crippen LogP contribution in [0.1, 0.15) is 16.6 Å². The van der Waals surface area contributed by atoms with Gasteiger partial charge in [0.2, 0.25) is 0 Å². The van der Waals surface area contributed by atoms with Crippen molar-refractivity contribution < 1.29 is 14.3 Å². The van der Waals surface area contributed by atoms with Crippen LogP contribution in [0.4, 0.5) is 0 Å². The van der Waals surface area contributed by atoms with Crippen molar-refractivity contribution in [3.8, 4) is 5.75 Å². The summed E-state index contributed by atoms with van der Waals surface area (Å²) in [6.07, 6.45) is -0.762. The van der Waals surface area contributed by atoms with Gasteiger partial charge in [-0.2, -0.15) is 0 Å². The second kappa shape index (κ2) is 7.62. The average Bonchev–Trinajstić information content (AvgIpc) is 2.91. The van der Waals surface area contributed by atoms with Crippen molar-refractivity contribution in [3.05, 3.63) is 50.1 Å². The van der Waals surface area contributed by atoms with E-state index in [1.54, 1.807) is 37.3 Å². The van der Waals surface area contributed by atoms with Gasteiger partial charge in [-0.25, -0.2) is 0 Å². The summed E-state index contributed by atoms with van der Waals surface area (Å²) in [5.41, 5.74) is 4.63. The SMILES string of the molecule is C[C@@H](Oc1cccc(Br)c1)C(=O)NNC(=O)c1ccc(Cl)s1. The molecule has 1 aromatic heterocycles. The lowest BCUT2D eigenvalue weighted by atomic mass is 10.3. The Labute approximate surface area is 144 Å². The van der Waals surface area contributed by atoms with E-state index in [1.807, 2.05) is 6.07 Å². The minimum absolute atomic E-state index is 0.408. The smallest absolute Gasteiger partial charge is 0.279 e. The molecule has 2 rings (SSSR count). The van der Waals surface area contributed by atoms with Gasteiger partial charge in [0.25, 0.3) is 11.8 Å². The molecule has 0 unspecified atom stereocenters. The number of amides is 2. The van der Waals surface area contributed by atoms with Gasteiger partial charge in [-0.1, -0.05) is 33.6 Å². The van der Waals surface area contributed by atoms with Crippen LogP contribution in [0.3, 0.4) is 0 Å². The largest absolute Gasteiger partial charge is 0.481 e. The summed E-state index contributed by atoms with van der Waals surface area (Å²) in [6, 6.07) is 10.3. The Kier molecular flexibility index (Phi) is 5.82. The van der Waals surface area contributed by atoms with Crippen molar-refractivity contribution in [1.82, 2.24) is 10.9 Å². The van der Waals surface area contributed by atoms with E-state index in [1.165, 1.54) is 0 Å². The topological polar surface area (TPSA) is 67.4 Å². The number of carbonyl (C=O) groups is 2. The second-order valence-corrected chi connectivity index (χ2v) is 6.90. The Balaban J connectivity index is 1.85. The molecule has 0 aliphatic rings. The Bertz CT molecular complexity index is 692. The minimum Gasteiger partial charge on any atom is -0.481 e. The van der Waals surface area contributed by atoms with E-state index < -0.39 is 17.9 Å². The molecule has 2 amide bonds. The molecular formula is C14H12BrClN2O3S. The quantitative estimate of drug-likeness (QED) is 0.769. The first-order valence-electron chi connectivity index (χ1n) is 6.23. The van der Waals surface area contributed by atoms with Crippen LogP contribution in [0.15, 0.2) is 40.9 Å². The summed E-state index contributed by atoms with van der Waals surface area (Å²) in [6.45, 7) is 1.59. The molecule has 0 saturated carbocycles. The Morgan fingerprint density at radius 3 is 2.68 bits per heavy atom. The molecule has 0 fully saturated rings. The van der Waals surface area contributed by atoms with Gasteiger partial charge in [0, 0.05) is 4.47 Å². The van der Waals surface area contributed by atoms with Crippen LogP contribution in [-0.4, -0.2) is 17.9 Å². The van der Waals surface area contributed by atoms with Crippen LogP contribution >= 0.6 is 38.9 Å². The summed E-state index contributed by atoms with van der Waals surface area (Å²) in [7, 11) is 0. The summed E-state index contributed by atoms with van der Waals surface area (Å²) in [5.74, 6) is -0.343. The highest BCUT2D eigenvalue weighted by Gasteiger charge is 2.16. The van der Waals surface area contributed by atoms with Crippen LogP contribution in [0, 0.1) is 0 Å². The standard InChI is InChI=1S/C14H12BrClN2O3S/c1-8(21-10-4-2-3-9(15)7-10)13(19)17-18-14(20)11-5-6-12(16)22-11/h2-8H,1H3,(H,17,19)(H,18,20)/t8-/m1/s1. The second-order valence-electron chi connectivity index (χ2n) is 4.26. The number of hydrogen-bond acceptors (Lipinski definition) is 4. The van der Waals surface area contributed by atoms with Crippen LogP contribution in [0.25, 0.3) is 0 Å². The van der Waals surface area contributed by atoms with Gasteiger partial charge in [0.05, 0.1) is 9.21 Å². The Morgan fingerprint density at radius 1 is 1.27 bits per heavy atom. The monoisotopic (exact) mass is 402 g/mol. The third kappa shape index (κ3) is 4.72. The van der Waals surface area contributed by atoms with Crippen LogP contribution in [0.5, 0.6) is 5.75 Å². The first-order valence-corrected chi connectivity index (χ1v) is 8.22. The molecule has 0 aliphatic carbocycles. The summed E-state index contributed by atoms with van der Waals surface area (Å²) in [5, 5.41) is 0. The van der Waals surface area contributed by atoms with Crippen LogP contribution in [-0.2, 0) is 4.79 Å². The molecule has 0 radical (unpaired) electrons. The highest BCUT2D eigenvalue weighted by molar-refractivity contribution is 9.10. The molecule has 0 spiro atoms. The maximum Gasteiger partial charge on any atom is 0.279 e. The van der Waals surface area contributed by atoms with E-state index in [0.717, 1.165) is 15.8 Å².